The summed E-state index contributed by atoms with van der Waals surface area (Å²) in [6.45, 7) is 2.04. The molecule has 0 radical (unpaired) electrons. The predicted octanol–water partition coefficient (Wildman–Crippen LogP) is 0.378. The first-order valence-electron chi connectivity index (χ1n) is 7.74. The second kappa shape index (κ2) is 6.64. The van der Waals surface area contributed by atoms with E-state index in [9.17, 15) is 14.0 Å². The number of nitrogens with one attached hydrogen (secondary N) is 1. The molecule has 0 spiro atoms. The second-order valence-electron chi connectivity index (χ2n) is 5.76. The minimum Gasteiger partial charge on any atom is -0.366 e. The van der Waals surface area contributed by atoms with Crippen LogP contribution in [0.15, 0.2) is 24.3 Å². The number of likely N-dealkylation sites (N-methyl/N-ethyl adjacent to an activating group) is 1. The van der Waals surface area contributed by atoms with Crippen LogP contribution >= 0.6 is 0 Å². The van der Waals surface area contributed by atoms with Crippen LogP contribution in [0.25, 0.3) is 0 Å². The zero-order valence-electron chi connectivity index (χ0n) is 13.0. The van der Waals surface area contributed by atoms with E-state index in [1.807, 2.05) is 0 Å². The lowest BCUT2D eigenvalue weighted by Gasteiger charge is -2.30. The summed E-state index contributed by atoms with van der Waals surface area (Å²) in [6, 6.07) is 5.60. The lowest BCUT2D eigenvalue weighted by molar-refractivity contribution is -0.148. The molecule has 2 saturated heterocycles. The highest BCUT2D eigenvalue weighted by atomic mass is 19.1. The van der Waals surface area contributed by atoms with Gasteiger partial charge >= 0.3 is 0 Å². The van der Waals surface area contributed by atoms with E-state index in [0.29, 0.717) is 26.1 Å². The molecule has 2 atom stereocenters. The van der Waals surface area contributed by atoms with Gasteiger partial charge in [0.1, 0.15) is 18.0 Å². The molecule has 0 bridgehead atoms. The number of carbonyl (C=O) groups is 2. The van der Waals surface area contributed by atoms with Crippen LogP contribution in [0, 0.1) is 5.82 Å². The Kier molecular flexibility index (Phi) is 4.58. The third-order valence-corrected chi connectivity index (χ3v) is 4.34. The van der Waals surface area contributed by atoms with Crippen molar-refractivity contribution in [3.63, 3.8) is 0 Å². The number of para-hydroxylation sites is 1. The first-order chi connectivity index (χ1) is 11.1. The minimum atomic E-state index is -0.576. The van der Waals surface area contributed by atoms with Crippen LogP contribution in [0.1, 0.15) is 6.42 Å². The first-order valence-corrected chi connectivity index (χ1v) is 7.74. The van der Waals surface area contributed by atoms with E-state index in [4.69, 9.17) is 4.74 Å². The maximum absolute atomic E-state index is 13.9. The maximum atomic E-state index is 13.9. The van der Waals surface area contributed by atoms with Gasteiger partial charge in [-0.15, -0.1) is 0 Å². The molecule has 2 aliphatic heterocycles. The predicted molar refractivity (Wildman–Crippen MR) is 82.5 cm³/mol. The Balaban J connectivity index is 1.71. The molecule has 1 aromatic carbocycles. The number of morpholine rings is 1. The molecule has 23 heavy (non-hydrogen) atoms. The van der Waals surface area contributed by atoms with Gasteiger partial charge in [-0.25, -0.2) is 4.39 Å². The topological polar surface area (TPSA) is 61.9 Å². The van der Waals surface area contributed by atoms with Crippen LogP contribution in [-0.4, -0.2) is 62.1 Å². The summed E-state index contributed by atoms with van der Waals surface area (Å²) in [7, 11) is 1.60. The molecule has 0 unspecified atom stereocenters. The average molecular weight is 321 g/mol. The zero-order valence-corrected chi connectivity index (χ0v) is 13.0. The molecular formula is C16H20FN3O3. The third-order valence-electron chi connectivity index (χ3n) is 4.34. The summed E-state index contributed by atoms with van der Waals surface area (Å²) >= 11 is 0. The number of hydrogen-bond acceptors (Lipinski definition) is 4. The Labute approximate surface area is 134 Å². The van der Waals surface area contributed by atoms with Gasteiger partial charge in [-0.1, -0.05) is 12.1 Å². The minimum absolute atomic E-state index is 0.217. The lowest BCUT2D eigenvalue weighted by Crippen LogP contribution is -2.52. The van der Waals surface area contributed by atoms with E-state index in [1.54, 1.807) is 25.2 Å². The van der Waals surface area contributed by atoms with Crippen molar-refractivity contribution in [3.05, 3.63) is 30.1 Å². The standard InChI is InChI=1S/C16H20FN3O3/c1-19(16(22)14-10-18-7-9-23-14)13-6-8-20(15(13)21)12-5-3-2-4-11(12)17/h2-5,13-14,18H,6-10H2,1H3/t13-,14-/m1/s1. The average Bonchev–Trinajstić information content (AvgIpc) is 2.96. The monoisotopic (exact) mass is 321 g/mol. The molecule has 2 fully saturated rings. The van der Waals surface area contributed by atoms with Crippen molar-refractivity contribution in [1.29, 1.82) is 0 Å². The lowest BCUT2D eigenvalue weighted by atomic mass is 10.2. The zero-order chi connectivity index (χ0) is 16.4. The normalized spacial score (nSPS) is 24.8. The molecule has 0 aliphatic carbocycles. The molecular weight excluding hydrogens is 301 g/mol. The van der Waals surface area contributed by atoms with Crippen LogP contribution in [0.5, 0.6) is 0 Å². The molecule has 124 valence electrons. The van der Waals surface area contributed by atoms with E-state index in [1.165, 1.54) is 15.9 Å². The highest BCUT2D eigenvalue weighted by Gasteiger charge is 2.40. The van der Waals surface area contributed by atoms with Gasteiger partial charge in [-0.05, 0) is 18.6 Å². The largest absolute Gasteiger partial charge is 0.366 e. The van der Waals surface area contributed by atoms with Gasteiger partial charge in [0.15, 0.2) is 0 Å². The van der Waals surface area contributed by atoms with Gasteiger partial charge in [-0.2, -0.15) is 0 Å². The van der Waals surface area contributed by atoms with Crippen LogP contribution in [0.3, 0.4) is 0 Å². The molecule has 1 N–H and O–H groups in total. The molecule has 2 aliphatic rings. The molecule has 0 aromatic heterocycles. The Bertz CT molecular complexity index is 604. The molecule has 0 saturated carbocycles. The smallest absolute Gasteiger partial charge is 0.253 e. The molecule has 2 amide bonds. The summed E-state index contributed by atoms with van der Waals surface area (Å²) in [5.74, 6) is -0.907. The first kappa shape index (κ1) is 15.9. The quantitative estimate of drug-likeness (QED) is 0.874. The van der Waals surface area contributed by atoms with Crippen molar-refractivity contribution in [2.75, 3.05) is 38.2 Å². The highest BCUT2D eigenvalue weighted by Crippen LogP contribution is 2.26. The summed E-state index contributed by atoms with van der Waals surface area (Å²) < 4.78 is 19.3. The molecule has 3 rings (SSSR count). The molecule has 2 heterocycles. The second-order valence-corrected chi connectivity index (χ2v) is 5.76. The van der Waals surface area contributed by atoms with Crippen molar-refractivity contribution >= 4 is 17.5 Å². The Morgan fingerprint density at radius 3 is 2.91 bits per heavy atom. The molecule has 6 nitrogen and oxygen atoms in total. The number of anilines is 1. The summed E-state index contributed by atoms with van der Waals surface area (Å²) in [6.07, 6.45) is -0.0840. The number of hydrogen-bond donors (Lipinski definition) is 1. The fourth-order valence-electron chi connectivity index (χ4n) is 3.04. The van der Waals surface area contributed by atoms with Gasteiger partial charge < -0.3 is 19.9 Å². The Morgan fingerprint density at radius 1 is 1.43 bits per heavy atom. The fourth-order valence-corrected chi connectivity index (χ4v) is 3.04. The molecule has 1 aromatic rings. The van der Waals surface area contributed by atoms with Gasteiger partial charge in [0.05, 0.1) is 12.3 Å². The van der Waals surface area contributed by atoms with Crippen molar-refractivity contribution in [2.45, 2.75) is 18.6 Å². The van der Waals surface area contributed by atoms with Crippen LogP contribution in [0.4, 0.5) is 10.1 Å². The van der Waals surface area contributed by atoms with Crippen molar-refractivity contribution < 1.29 is 18.7 Å². The summed E-state index contributed by atoms with van der Waals surface area (Å²) in [5.41, 5.74) is 0.261. The number of carbonyl (C=O) groups excluding carboxylic acids is 2. The van der Waals surface area contributed by atoms with E-state index in [2.05, 4.69) is 5.32 Å². The van der Waals surface area contributed by atoms with Gasteiger partial charge in [-0.3, -0.25) is 9.59 Å². The SMILES string of the molecule is CN(C(=O)[C@H]1CNCCO1)[C@@H]1CCN(c2ccccc2F)C1=O. The van der Waals surface area contributed by atoms with Gasteiger partial charge in [0.2, 0.25) is 5.91 Å². The molecule has 7 heteroatoms. The van der Waals surface area contributed by atoms with Gasteiger partial charge in [0.25, 0.3) is 5.91 Å². The number of ether oxygens (including phenoxy) is 1. The van der Waals surface area contributed by atoms with Crippen LogP contribution < -0.4 is 10.2 Å². The number of nitrogens with zero attached hydrogens (tertiary/aromatic N) is 2. The highest BCUT2D eigenvalue weighted by molar-refractivity contribution is 6.01. The number of rotatable bonds is 3. The van der Waals surface area contributed by atoms with Crippen molar-refractivity contribution in [3.8, 4) is 0 Å². The van der Waals surface area contributed by atoms with Crippen molar-refractivity contribution in [1.82, 2.24) is 10.2 Å². The van der Waals surface area contributed by atoms with Crippen LogP contribution in [-0.2, 0) is 14.3 Å². The number of amides is 2. The Morgan fingerprint density at radius 2 is 2.22 bits per heavy atom. The summed E-state index contributed by atoms with van der Waals surface area (Å²) in [5, 5.41) is 3.10. The fraction of sp³-hybridized carbons (Fsp3) is 0.500. The maximum Gasteiger partial charge on any atom is 0.253 e. The van der Waals surface area contributed by atoms with E-state index in [0.717, 1.165) is 6.54 Å². The van der Waals surface area contributed by atoms with Crippen molar-refractivity contribution in [2.24, 2.45) is 0 Å². The number of halogens is 1. The summed E-state index contributed by atoms with van der Waals surface area (Å²) in [4.78, 5) is 27.9. The number of benzene rings is 1. The third kappa shape index (κ3) is 3.07. The van der Waals surface area contributed by atoms with Crippen LogP contribution in [0.2, 0.25) is 0 Å². The Hall–Kier alpha value is -1.99. The van der Waals surface area contributed by atoms with E-state index in [-0.39, 0.29) is 17.5 Å². The van der Waals surface area contributed by atoms with E-state index >= 15 is 0 Å². The van der Waals surface area contributed by atoms with Gasteiger partial charge in [0, 0.05) is 26.7 Å². The van der Waals surface area contributed by atoms with E-state index < -0.39 is 18.0 Å².